The molecule has 1 aromatic carbocycles. The first-order valence-corrected chi connectivity index (χ1v) is 7.43. The van der Waals surface area contributed by atoms with Crippen molar-refractivity contribution in [1.29, 1.82) is 0 Å². The number of anilines is 2. The van der Waals surface area contributed by atoms with Crippen LogP contribution in [0.4, 0.5) is 11.4 Å². The second-order valence-corrected chi connectivity index (χ2v) is 5.69. The fourth-order valence-electron chi connectivity index (χ4n) is 2.20. The van der Waals surface area contributed by atoms with E-state index in [4.69, 9.17) is 0 Å². The van der Waals surface area contributed by atoms with Crippen molar-refractivity contribution in [3.8, 4) is 0 Å². The van der Waals surface area contributed by atoms with E-state index in [2.05, 4.69) is 22.8 Å². The molecule has 0 saturated carbocycles. The molecule has 1 aliphatic carbocycles. The molecular formula is C17H22N2O2. The maximum atomic E-state index is 12.1. The first kappa shape index (κ1) is 15.3. The molecule has 0 fully saturated rings. The minimum atomic E-state index is -0.0521. The monoisotopic (exact) mass is 286 g/mol. The lowest BCUT2D eigenvalue weighted by Gasteiger charge is -2.17. The van der Waals surface area contributed by atoms with E-state index in [1.54, 1.807) is 12.1 Å². The van der Waals surface area contributed by atoms with Crippen molar-refractivity contribution in [2.24, 2.45) is 11.8 Å². The van der Waals surface area contributed by atoms with Crippen LogP contribution in [-0.2, 0) is 9.59 Å². The van der Waals surface area contributed by atoms with Gasteiger partial charge in [-0.05, 0) is 43.5 Å². The minimum absolute atomic E-state index is 0.0132. The Morgan fingerprint density at radius 1 is 1.05 bits per heavy atom. The predicted octanol–water partition coefficient (Wildman–Crippen LogP) is 3.58. The second-order valence-electron chi connectivity index (χ2n) is 5.69. The zero-order chi connectivity index (χ0) is 15.2. The average Bonchev–Trinajstić information content (AvgIpc) is 2.50. The lowest BCUT2D eigenvalue weighted by molar-refractivity contribution is -0.120. The number of carbonyl (C=O) groups is 2. The van der Waals surface area contributed by atoms with Crippen LogP contribution in [0.15, 0.2) is 36.4 Å². The molecule has 21 heavy (non-hydrogen) atoms. The van der Waals surface area contributed by atoms with Crippen molar-refractivity contribution in [3.63, 3.8) is 0 Å². The average molecular weight is 286 g/mol. The Balaban J connectivity index is 1.91. The van der Waals surface area contributed by atoms with Gasteiger partial charge in [-0.1, -0.05) is 26.0 Å². The number of amides is 2. The van der Waals surface area contributed by atoms with Crippen molar-refractivity contribution in [1.82, 2.24) is 0 Å². The van der Waals surface area contributed by atoms with E-state index in [1.807, 2.05) is 26.0 Å². The van der Waals surface area contributed by atoms with Gasteiger partial charge in [-0.3, -0.25) is 9.59 Å². The van der Waals surface area contributed by atoms with E-state index in [1.165, 1.54) is 0 Å². The Morgan fingerprint density at radius 3 is 2.19 bits per heavy atom. The van der Waals surface area contributed by atoms with Gasteiger partial charge in [0.1, 0.15) is 0 Å². The van der Waals surface area contributed by atoms with Crippen molar-refractivity contribution in [3.05, 3.63) is 36.4 Å². The lowest BCUT2D eigenvalue weighted by atomic mass is 9.93. The van der Waals surface area contributed by atoms with Crippen LogP contribution in [0.25, 0.3) is 0 Å². The highest BCUT2D eigenvalue weighted by atomic mass is 16.2. The molecule has 1 aromatic rings. The molecule has 4 heteroatoms. The second kappa shape index (κ2) is 7.07. The minimum Gasteiger partial charge on any atom is -0.326 e. The molecule has 0 bridgehead atoms. The van der Waals surface area contributed by atoms with E-state index in [0.717, 1.165) is 30.6 Å². The molecule has 4 nitrogen and oxygen atoms in total. The topological polar surface area (TPSA) is 58.2 Å². The van der Waals surface area contributed by atoms with E-state index in [0.29, 0.717) is 0 Å². The summed E-state index contributed by atoms with van der Waals surface area (Å²) in [5, 5.41) is 5.75. The smallest absolute Gasteiger partial charge is 0.227 e. The summed E-state index contributed by atoms with van der Waals surface area (Å²) in [6.07, 6.45) is 6.88. The largest absolute Gasteiger partial charge is 0.326 e. The molecule has 1 unspecified atom stereocenters. The number of hydrogen-bond acceptors (Lipinski definition) is 2. The lowest BCUT2D eigenvalue weighted by Crippen LogP contribution is -2.23. The number of benzene rings is 1. The van der Waals surface area contributed by atoms with E-state index < -0.39 is 0 Å². The Bertz CT molecular complexity index is 532. The molecule has 2 rings (SSSR count). The van der Waals surface area contributed by atoms with Crippen LogP contribution in [0.5, 0.6) is 0 Å². The molecule has 1 aliphatic rings. The molecule has 112 valence electrons. The quantitative estimate of drug-likeness (QED) is 0.831. The number of carbonyl (C=O) groups excluding carboxylic acids is 2. The van der Waals surface area contributed by atoms with Crippen LogP contribution < -0.4 is 10.6 Å². The highest BCUT2D eigenvalue weighted by Gasteiger charge is 2.18. The molecule has 0 aliphatic heterocycles. The number of rotatable bonds is 4. The molecule has 1 atom stereocenters. The van der Waals surface area contributed by atoms with Gasteiger partial charge in [0, 0.05) is 23.2 Å². The van der Waals surface area contributed by atoms with Crippen molar-refractivity contribution >= 4 is 23.2 Å². The van der Waals surface area contributed by atoms with E-state index in [9.17, 15) is 9.59 Å². The Labute approximate surface area is 125 Å². The molecule has 0 radical (unpaired) electrons. The van der Waals surface area contributed by atoms with Gasteiger partial charge < -0.3 is 10.6 Å². The standard InChI is InChI=1S/C17H22N2O2/c1-12(2)16(20)18-14-8-10-15(11-9-14)19-17(21)13-6-4-3-5-7-13/h3-4,8-13H,5-7H2,1-2H3,(H,18,20)(H,19,21). The number of hydrogen-bond donors (Lipinski definition) is 2. The van der Waals surface area contributed by atoms with Crippen LogP contribution in [0, 0.1) is 11.8 Å². The Hall–Kier alpha value is -2.10. The summed E-state index contributed by atoms with van der Waals surface area (Å²) < 4.78 is 0. The van der Waals surface area contributed by atoms with Gasteiger partial charge in [0.15, 0.2) is 0 Å². The van der Waals surface area contributed by atoms with Crippen LogP contribution in [0.1, 0.15) is 33.1 Å². The molecule has 0 spiro atoms. The van der Waals surface area contributed by atoms with Crippen LogP contribution in [0.2, 0.25) is 0 Å². The molecule has 2 amide bonds. The number of nitrogens with one attached hydrogen (secondary N) is 2. The zero-order valence-electron chi connectivity index (χ0n) is 12.6. The van der Waals surface area contributed by atoms with Gasteiger partial charge in [-0.2, -0.15) is 0 Å². The highest BCUT2D eigenvalue weighted by Crippen LogP contribution is 2.21. The van der Waals surface area contributed by atoms with Crippen LogP contribution in [-0.4, -0.2) is 11.8 Å². The van der Waals surface area contributed by atoms with Gasteiger partial charge in [-0.15, -0.1) is 0 Å². The Morgan fingerprint density at radius 2 is 1.67 bits per heavy atom. The van der Waals surface area contributed by atoms with Gasteiger partial charge in [0.25, 0.3) is 0 Å². The molecule has 0 heterocycles. The molecule has 0 saturated heterocycles. The van der Waals surface area contributed by atoms with Crippen LogP contribution >= 0.6 is 0 Å². The van der Waals surface area contributed by atoms with Gasteiger partial charge >= 0.3 is 0 Å². The Kier molecular flexibility index (Phi) is 5.14. The third-order valence-electron chi connectivity index (χ3n) is 3.58. The maximum Gasteiger partial charge on any atom is 0.227 e. The first-order chi connectivity index (χ1) is 10.1. The SMILES string of the molecule is CC(C)C(=O)Nc1ccc(NC(=O)C2CC=CCC2)cc1. The predicted molar refractivity (Wildman–Crippen MR) is 85.0 cm³/mol. The molecular weight excluding hydrogens is 264 g/mol. The van der Waals surface area contributed by atoms with Crippen molar-refractivity contribution in [2.45, 2.75) is 33.1 Å². The fourth-order valence-corrected chi connectivity index (χ4v) is 2.20. The normalized spacial score (nSPS) is 17.6. The summed E-state index contributed by atoms with van der Waals surface area (Å²) in [6.45, 7) is 3.70. The summed E-state index contributed by atoms with van der Waals surface area (Å²) in [4.78, 5) is 23.7. The summed E-state index contributed by atoms with van der Waals surface area (Å²) >= 11 is 0. The van der Waals surface area contributed by atoms with Crippen LogP contribution in [0.3, 0.4) is 0 Å². The third kappa shape index (κ3) is 4.45. The summed E-state index contributed by atoms with van der Waals surface area (Å²) in [5.74, 6) is 0.0677. The fraction of sp³-hybridized carbons (Fsp3) is 0.412. The van der Waals surface area contributed by atoms with Gasteiger partial charge in [0.05, 0.1) is 0 Å². The van der Waals surface area contributed by atoms with Crippen molar-refractivity contribution < 1.29 is 9.59 Å². The summed E-state index contributed by atoms with van der Waals surface area (Å²) in [7, 11) is 0. The van der Waals surface area contributed by atoms with Crippen molar-refractivity contribution in [2.75, 3.05) is 10.6 Å². The summed E-state index contributed by atoms with van der Waals surface area (Å²) in [6, 6.07) is 7.23. The third-order valence-corrected chi connectivity index (χ3v) is 3.58. The maximum absolute atomic E-state index is 12.1. The first-order valence-electron chi connectivity index (χ1n) is 7.43. The zero-order valence-corrected chi connectivity index (χ0v) is 12.6. The van der Waals surface area contributed by atoms with E-state index >= 15 is 0 Å². The summed E-state index contributed by atoms with van der Waals surface area (Å²) in [5.41, 5.74) is 1.50. The highest BCUT2D eigenvalue weighted by molar-refractivity contribution is 5.94. The van der Waals surface area contributed by atoms with E-state index in [-0.39, 0.29) is 23.7 Å². The van der Waals surface area contributed by atoms with Gasteiger partial charge in [-0.25, -0.2) is 0 Å². The number of allylic oxidation sites excluding steroid dienone is 2. The molecule has 2 N–H and O–H groups in total. The van der Waals surface area contributed by atoms with Gasteiger partial charge in [0.2, 0.25) is 11.8 Å². The molecule has 0 aromatic heterocycles.